The van der Waals surface area contributed by atoms with Gasteiger partial charge in [-0.2, -0.15) is 0 Å². The average molecular weight is 315 g/mol. The maximum absolute atomic E-state index is 9.40. The van der Waals surface area contributed by atoms with E-state index in [-0.39, 0.29) is 6.61 Å². The molecule has 0 saturated heterocycles. The minimum absolute atomic E-state index is 0.346. The van der Waals surface area contributed by atoms with Crippen molar-refractivity contribution in [1.82, 2.24) is 0 Å². The number of unbranched alkanes of at least 4 members (excludes halogenated alkanes) is 10. The van der Waals surface area contributed by atoms with Crippen molar-refractivity contribution in [2.24, 2.45) is 11.5 Å². The Hall–Kier alpha value is -0.420. The molecule has 0 aliphatic heterocycles. The molecule has 0 aromatic heterocycles. The third-order valence-corrected chi connectivity index (χ3v) is 4.16. The van der Waals surface area contributed by atoms with Crippen LogP contribution in [0.1, 0.15) is 77.6 Å². The topological polar surface area (TPSA) is 92.5 Å². The van der Waals surface area contributed by atoms with Crippen molar-refractivity contribution in [3.05, 3.63) is 12.2 Å². The van der Waals surface area contributed by atoms with Crippen LogP contribution in [0.25, 0.3) is 0 Å². The first-order valence-electron chi connectivity index (χ1n) is 9.10. The molecule has 4 heteroatoms. The van der Waals surface area contributed by atoms with Crippen LogP contribution in [0, 0.1) is 0 Å². The third-order valence-electron chi connectivity index (χ3n) is 4.16. The molecule has 0 radical (unpaired) electrons. The maximum Gasteiger partial charge on any atom is 0.0939 e. The van der Waals surface area contributed by atoms with Crippen molar-refractivity contribution in [3.63, 3.8) is 0 Å². The molecule has 22 heavy (non-hydrogen) atoms. The van der Waals surface area contributed by atoms with Crippen LogP contribution in [0.15, 0.2) is 12.2 Å². The summed E-state index contributed by atoms with van der Waals surface area (Å²) in [5.74, 6) is 0. The zero-order valence-corrected chi connectivity index (χ0v) is 14.4. The van der Waals surface area contributed by atoms with E-state index in [9.17, 15) is 5.11 Å². The van der Waals surface area contributed by atoms with E-state index in [0.717, 1.165) is 6.42 Å². The fourth-order valence-corrected chi connectivity index (χ4v) is 2.51. The smallest absolute Gasteiger partial charge is 0.0939 e. The predicted octanol–water partition coefficient (Wildman–Crippen LogP) is 2.86. The SMILES string of the molecule is CCCCCCCCCCCC/C=C/[C@H](N)[C@@H](N)[C@H](O)CO. The van der Waals surface area contributed by atoms with Crippen LogP contribution in [0.3, 0.4) is 0 Å². The molecular formula is C18H38N2O2. The molecule has 0 aromatic carbocycles. The Morgan fingerprint density at radius 2 is 1.36 bits per heavy atom. The zero-order valence-electron chi connectivity index (χ0n) is 14.4. The highest BCUT2D eigenvalue weighted by atomic mass is 16.3. The highest BCUT2D eigenvalue weighted by molar-refractivity contribution is 4.99. The molecule has 0 aromatic rings. The lowest BCUT2D eigenvalue weighted by molar-refractivity contribution is 0.0709. The van der Waals surface area contributed by atoms with Gasteiger partial charge in [0.05, 0.1) is 18.8 Å². The van der Waals surface area contributed by atoms with Gasteiger partial charge >= 0.3 is 0 Å². The molecule has 0 saturated carbocycles. The first-order chi connectivity index (χ1) is 10.6. The van der Waals surface area contributed by atoms with Gasteiger partial charge in [0.2, 0.25) is 0 Å². The van der Waals surface area contributed by atoms with E-state index < -0.39 is 18.2 Å². The summed E-state index contributed by atoms with van der Waals surface area (Å²) >= 11 is 0. The van der Waals surface area contributed by atoms with Gasteiger partial charge in [0.15, 0.2) is 0 Å². The number of aliphatic hydroxyl groups is 2. The summed E-state index contributed by atoms with van der Waals surface area (Å²) in [6.07, 6.45) is 17.3. The number of hydrogen-bond acceptors (Lipinski definition) is 4. The lowest BCUT2D eigenvalue weighted by Gasteiger charge is -2.20. The van der Waals surface area contributed by atoms with Gasteiger partial charge in [-0.05, 0) is 12.8 Å². The lowest BCUT2D eigenvalue weighted by Crippen LogP contribution is -2.49. The van der Waals surface area contributed by atoms with Gasteiger partial charge in [0.25, 0.3) is 0 Å². The number of nitrogens with two attached hydrogens (primary N) is 2. The monoisotopic (exact) mass is 314 g/mol. The first kappa shape index (κ1) is 21.6. The number of hydrogen-bond donors (Lipinski definition) is 4. The van der Waals surface area contributed by atoms with E-state index in [1.165, 1.54) is 64.2 Å². The van der Waals surface area contributed by atoms with Crippen LogP contribution in [0.4, 0.5) is 0 Å². The first-order valence-corrected chi connectivity index (χ1v) is 9.10. The Bertz CT molecular complexity index is 259. The molecule has 0 aliphatic carbocycles. The Morgan fingerprint density at radius 1 is 0.864 bits per heavy atom. The number of aliphatic hydroxyl groups excluding tert-OH is 2. The molecule has 0 heterocycles. The molecule has 6 N–H and O–H groups in total. The minimum atomic E-state index is -0.947. The van der Waals surface area contributed by atoms with Gasteiger partial charge in [0.1, 0.15) is 0 Å². The van der Waals surface area contributed by atoms with Crippen LogP contribution in [0.5, 0.6) is 0 Å². The number of allylic oxidation sites excluding steroid dienone is 1. The molecule has 0 aliphatic rings. The molecule has 0 spiro atoms. The Labute approximate surface area is 137 Å². The second-order valence-electron chi connectivity index (χ2n) is 6.30. The second-order valence-corrected chi connectivity index (χ2v) is 6.30. The normalized spacial score (nSPS) is 16.0. The summed E-state index contributed by atoms with van der Waals surface area (Å²) < 4.78 is 0. The van der Waals surface area contributed by atoms with Crippen molar-refractivity contribution in [2.45, 2.75) is 95.7 Å². The van der Waals surface area contributed by atoms with Crippen LogP contribution in [0.2, 0.25) is 0 Å². The lowest BCUT2D eigenvalue weighted by atomic mass is 10.0. The van der Waals surface area contributed by atoms with E-state index in [0.29, 0.717) is 0 Å². The molecular weight excluding hydrogens is 276 g/mol. The summed E-state index contributed by atoms with van der Waals surface area (Å²) in [5, 5.41) is 18.2. The van der Waals surface area contributed by atoms with E-state index >= 15 is 0 Å². The average Bonchev–Trinajstić information content (AvgIpc) is 2.54. The summed E-state index contributed by atoms with van der Waals surface area (Å²) in [7, 11) is 0. The van der Waals surface area contributed by atoms with Gasteiger partial charge in [-0.1, -0.05) is 76.9 Å². The van der Waals surface area contributed by atoms with Crippen LogP contribution in [-0.4, -0.2) is 35.0 Å². The molecule has 0 unspecified atom stereocenters. The van der Waals surface area contributed by atoms with Gasteiger partial charge in [0, 0.05) is 6.04 Å². The molecule has 132 valence electrons. The van der Waals surface area contributed by atoms with Gasteiger partial charge in [-0.3, -0.25) is 0 Å². The van der Waals surface area contributed by atoms with Gasteiger partial charge < -0.3 is 21.7 Å². The molecule has 4 nitrogen and oxygen atoms in total. The second kappa shape index (κ2) is 15.5. The fraction of sp³-hybridized carbons (Fsp3) is 0.889. The van der Waals surface area contributed by atoms with Crippen molar-refractivity contribution in [3.8, 4) is 0 Å². The van der Waals surface area contributed by atoms with Crippen LogP contribution < -0.4 is 11.5 Å². The predicted molar refractivity (Wildman–Crippen MR) is 94.6 cm³/mol. The van der Waals surface area contributed by atoms with Crippen LogP contribution in [-0.2, 0) is 0 Å². The highest BCUT2D eigenvalue weighted by Crippen LogP contribution is 2.11. The molecule has 0 bridgehead atoms. The molecule has 0 fully saturated rings. The molecule has 0 rings (SSSR count). The molecule has 3 atom stereocenters. The van der Waals surface area contributed by atoms with E-state index in [2.05, 4.69) is 6.92 Å². The Morgan fingerprint density at radius 3 is 1.86 bits per heavy atom. The Balaban J connectivity index is 3.40. The number of rotatable bonds is 15. The fourth-order valence-electron chi connectivity index (χ4n) is 2.51. The van der Waals surface area contributed by atoms with Crippen molar-refractivity contribution in [1.29, 1.82) is 0 Å². The summed E-state index contributed by atoms with van der Waals surface area (Å²) in [5.41, 5.74) is 11.6. The van der Waals surface area contributed by atoms with E-state index in [4.69, 9.17) is 16.6 Å². The maximum atomic E-state index is 9.40. The van der Waals surface area contributed by atoms with Crippen molar-refractivity contribution >= 4 is 0 Å². The third kappa shape index (κ3) is 12.2. The minimum Gasteiger partial charge on any atom is -0.394 e. The Kier molecular flexibility index (Phi) is 15.2. The standard InChI is InChI=1S/C18H38N2O2/c1-2-3-4-5-6-7-8-9-10-11-12-13-14-16(19)18(20)17(22)15-21/h13-14,16-18,21-22H,2-12,15,19-20H2,1H3/b14-13+/t16-,17+,18+/m0/s1. The highest BCUT2D eigenvalue weighted by Gasteiger charge is 2.18. The summed E-state index contributed by atoms with van der Waals surface area (Å²) in [6.45, 7) is 1.91. The zero-order chi connectivity index (χ0) is 16.6. The van der Waals surface area contributed by atoms with Crippen LogP contribution >= 0.6 is 0 Å². The largest absolute Gasteiger partial charge is 0.394 e. The summed E-state index contributed by atoms with van der Waals surface area (Å²) in [6, 6.07) is -1.00. The van der Waals surface area contributed by atoms with Gasteiger partial charge in [-0.15, -0.1) is 0 Å². The van der Waals surface area contributed by atoms with Crippen molar-refractivity contribution < 1.29 is 10.2 Å². The summed E-state index contributed by atoms with van der Waals surface area (Å²) in [4.78, 5) is 0. The van der Waals surface area contributed by atoms with E-state index in [1.54, 1.807) is 0 Å². The van der Waals surface area contributed by atoms with Crippen molar-refractivity contribution in [2.75, 3.05) is 6.61 Å². The van der Waals surface area contributed by atoms with Gasteiger partial charge in [-0.25, -0.2) is 0 Å². The molecule has 0 amide bonds. The van der Waals surface area contributed by atoms with E-state index in [1.807, 2.05) is 12.2 Å². The quantitative estimate of drug-likeness (QED) is 0.276.